The highest BCUT2D eigenvalue weighted by Gasteiger charge is 2.21. The topological polar surface area (TPSA) is 134 Å². The Labute approximate surface area is 147 Å². The maximum atomic E-state index is 12.3. The molecule has 1 amide bonds. The first-order chi connectivity index (χ1) is 12.3. The minimum Gasteiger partial charge on any atom is -0.497 e. The fraction of sp³-hybridized carbons (Fsp3) is 0.188. The Bertz CT molecular complexity index is 867. The number of hydrogen-bond donors (Lipinski definition) is 1. The quantitative estimate of drug-likeness (QED) is 0.592. The van der Waals surface area contributed by atoms with E-state index in [-0.39, 0.29) is 12.0 Å². The summed E-state index contributed by atoms with van der Waals surface area (Å²) in [5.74, 6) is 0.327. The monoisotopic (exact) mass is 361 g/mol. The lowest BCUT2D eigenvalue weighted by molar-refractivity contribution is -0.394. The summed E-state index contributed by atoms with van der Waals surface area (Å²) in [6.07, 6.45) is -0.339. The van der Waals surface area contributed by atoms with Gasteiger partial charge in [0.15, 0.2) is 0 Å². The van der Waals surface area contributed by atoms with Crippen LogP contribution in [0.25, 0.3) is 0 Å². The van der Waals surface area contributed by atoms with Crippen molar-refractivity contribution in [2.45, 2.75) is 6.42 Å². The number of carbonyl (C=O) groups excluding carboxylic acids is 1. The molecule has 0 aliphatic carbocycles. The number of non-ortho nitro benzene ring substituents is 1. The Morgan fingerprint density at radius 1 is 1.04 bits per heavy atom. The molecule has 0 saturated carbocycles. The molecular weight excluding hydrogens is 346 g/mol. The molecule has 0 radical (unpaired) electrons. The van der Waals surface area contributed by atoms with Gasteiger partial charge in [0.2, 0.25) is 5.91 Å². The second-order valence-corrected chi connectivity index (χ2v) is 5.12. The lowest BCUT2D eigenvalue weighted by Crippen LogP contribution is -2.16. The second-order valence-electron chi connectivity index (χ2n) is 5.12. The number of hydrogen-bond acceptors (Lipinski definition) is 7. The number of benzene rings is 2. The van der Waals surface area contributed by atoms with Gasteiger partial charge >= 0.3 is 0 Å². The number of nitro benzene ring substituents is 2. The Morgan fingerprint density at radius 2 is 1.77 bits per heavy atom. The van der Waals surface area contributed by atoms with Crippen LogP contribution in [0.5, 0.6) is 11.5 Å². The zero-order valence-corrected chi connectivity index (χ0v) is 13.9. The fourth-order valence-electron chi connectivity index (χ4n) is 2.26. The summed E-state index contributed by atoms with van der Waals surface area (Å²) in [5.41, 5.74) is -0.524. The predicted molar refractivity (Wildman–Crippen MR) is 91.6 cm³/mol. The Morgan fingerprint density at radius 3 is 2.35 bits per heavy atom. The highest BCUT2D eigenvalue weighted by molar-refractivity contribution is 5.94. The molecule has 0 unspecified atom stereocenters. The third-order valence-corrected chi connectivity index (χ3v) is 3.51. The lowest BCUT2D eigenvalue weighted by atomic mass is 10.1. The number of amides is 1. The standard InChI is InChI=1S/C16H15N3O7/c1-25-12-5-6-15(26-2)13(9-12)17-16(20)7-10-3-4-11(18(21)22)8-14(10)19(23)24/h3-6,8-9H,7H2,1-2H3,(H,17,20). The molecule has 136 valence electrons. The third kappa shape index (κ3) is 4.23. The number of nitrogens with one attached hydrogen (secondary N) is 1. The molecule has 10 heteroatoms. The molecule has 2 rings (SSSR count). The molecule has 0 saturated heterocycles. The van der Waals surface area contributed by atoms with Gasteiger partial charge in [-0.3, -0.25) is 25.0 Å². The van der Waals surface area contributed by atoms with Gasteiger partial charge < -0.3 is 14.8 Å². The van der Waals surface area contributed by atoms with Crippen molar-refractivity contribution < 1.29 is 24.1 Å². The number of nitrogens with zero attached hydrogens (tertiary/aromatic N) is 2. The van der Waals surface area contributed by atoms with E-state index in [0.29, 0.717) is 17.2 Å². The molecule has 0 spiro atoms. The summed E-state index contributed by atoms with van der Waals surface area (Å²) in [4.78, 5) is 32.7. The van der Waals surface area contributed by atoms with Crippen molar-refractivity contribution in [1.82, 2.24) is 0 Å². The number of anilines is 1. The van der Waals surface area contributed by atoms with Crippen LogP contribution in [0, 0.1) is 20.2 Å². The molecule has 26 heavy (non-hydrogen) atoms. The molecule has 0 aliphatic heterocycles. The van der Waals surface area contributed by atoms with Gasteiger partial charge in [0, 0.05) is 17.7 Å². The smallest absolute Gasteiger partial charge is 0.279 e. The third-order valence-electron chi connectivity index (χ3n) is 3.51. The first-order valence-electron chi connectivity index (χ1n) is 7.29. The van der Waals surface area contributed by atoms with Crippen molar-refractivity contribution in [3.05, 3.63) is 62.2 Å². The van der Waals surface area contributed by atoms with Crippen LogP contribution in [0.15, 0.2) is 36.4 Å². The van der Waals surface area contributed by atoms with Crippen LogP contribution >= 0.6 is 0 Å². The molecule has 2 aromatic carbocycles. The SMILES string of the molecule is COc1ccc(OC)c(NC(=O)Cc2ccc([N+](=O)[O-])cc2[N+](=O)[O-])c1. The summed E-state index contributed by atoms with van der Waals surface area (Å²) in [5, 5.41) is 24.5. The molecule has 0 atom stereocenters. The lowest BCUT2D eigenvalue weighted by Gasteiger charge is -2.12. The Balaban J connectivity index is 2.25. The highest BCUT2D eigenvalue weighted by atomic mass is 16.6. The van der Waals surface area contributed by atoms with Crippen LogP contribution in [0.1, 0.15) is 5.56 Å². The van der Waals surface area contributed by atoms with E-state index < -0.39 is 27.1 Å². The number of methoxy groups -OCH3 is 2. The summed E-state index contributed by atoms with van der Waals surface area (Å²) < 4.78 is 10.2. The molecule has 0 heterocycles. The van der Waals surface area contributed by atoms with Crippen molar-refractivity contribution in [1.29, 1.82) is 0 Å². The zero-order valence-electron chi connectivity index (χ0n) is 13.9. The van der Waals surface area contributed by atoms with Gasteiger partial charge in [0.1, 0.15) is 11.5 Å². The number of carbonyl (C=O) groups is 1. The molecule has 10 nitrogen and oxygen atoms in total. The van der Waals surface area contributed by atoms with Gasteiger partial charge in [-0.15, -0.1) is 0 Å². The fourth-order valence-corrected chi connectivity index (χ4v) is 2.26. The molecule has 0 aliphatic rings. The van der Waals surface area contributed by atoms with E-state index in [4.69, 9.17) is 9.47 Å². The highest BCUT2D eigenvalue weighted by Crippen LogP contribution is 2.30. The summed E-state index contributed by atoms with van der Waals surface area (Å²) in [6.45, 7) is 0. The van der Waals surface area contributed by atoms with E-state index >= 15 is 0 Å². The minimum absolute atomic E-state index is 0.0555. The Hall–Kier alpha value is -3.69. The van der Waals surface area contributed by atoms with Gasteiger partial charge in [-0.2, -0.15) is 0 Å². The van der Waals surface area contributed by atoms with E-state index in [2.05, 4.69) is 5.32 Å². The van der Waals surface area contributed by atoms with Crippen LogP contribution in [0.2, 0.25) is 0 Å². The zero-order chi connectivity index (χ0) is 19.3. The predicted octanol–water partition coefficient (Wildman–Crippen LogP) is 2.70. The van der Waals surface area contributed by atoms with Crippen LogP contribution in [0.4, 0.5) is 17.1 Å². The van der Waals surface area contributed by atoms with Crippen LogP contribution in [-0.2, 0) is 11.2 Å². The molecular formula is C16H15N3O7. The summed E-state index contributed by atoms with van der Waals surface area (Å²) in [7, 11) is 2.90. The van der Waals surface area contributed by atoms with E-state index in [1.165, 1.54) is 20.3 Å². The molecule has 2 aromatic rings. The van der Waals surface area contributed by atoms with Crippen LogP contribution < -0.4 is 14.8 Å². The first kappa shape index (κ1) is 18.6. The van der Waals surface area contributed by atoms with Crippen LogP contribution in [0.3, 0.4) is 0 Å². The van der Waals surface area contributed by atoms with Crippen molar-refractivity contribution in [3.8, 4) is 11.5 Å². The Kier molecular flexibility index (Phi) is 5.68. The number of nitro groups is 2. The number of rotatable bonds is 7. The minimum atomic E-state index is -0.762. The average Bonchev–Trinajstić information content (AvgIpc) is 2.61. The van der Waals surface area contributed by atoms with Gasteiger partial charge in [-0.05, 0) is 18.2 Å². The largest absolute Gasteiger partial charge is 0.497 e. The maximum absolute atomic E-state index is 12.3. The molecule has 0 aromatic heterocycles. The van der Waals surface area contributed by atoms with E-state index in [9.17, 15) is 25.0 Å². The van der Waals surface area contributed by atoms with E-state index in [1.807, 2.05) is 0 Å². The van der Waals surface area contributed by atoms with Gasteiger partial charge in [0.25, 0.3) is 11.4 Å². The summed E-state index contributed by atoms with van der Waals surface area (Å²) >= 11 is 0. The van der Waals surface area contributed by atoms with Gasteiger partial charge in [-0.25, -0.2) is 0 Å². The number of ether oxygens (including phenoxy) is 2. The second kappa shape index (κ2) is 7.92. The van der Waals surface area contributed by atoms with E-state index in [0.717, 1.165) is 12.1 Å². The van der Waals surface area contributed by atoms with Crippen molar-refractivity contribution in [2.75, 3.05) is 19.5 Å². The normalized spacial score (nSPS) is 10.1. The van der Waals surface area contributed by atoms with Crippen molar-refractivity contribution in [2.24, 2.45) is 0 Å². The van der Waals surface area contributed by atoms with Crippen LogP contribution in [-0.4, -0.2) is 30.0 Å². The van der Waals surface area contributed by atoms with Gasteiger partial charge in [0.05, 0.1) is 42.2 Å². The maximum Gasteiger partial charge on any atom is 0.279 e. The van der Waals surface area contributed by atoms with Gasteiger partial charge in [-0.1, -0.05) is 0 Å². The molecule has 1 N–H and O–H groups in total. The average molecular weight is 361 g/mol. The summed E-state index contributed by atoms with van der Waals surface area (Å²) in [6, 6.07) is 7.93. The van der Waals surface area contributed by atoms with Crippen molar-refractivity contribution >= 4 is 23.0 Å². The van der Waals surface area contributed by atoms with Crippen molar-refractivity contribution in [3.63, 3.8) is 0 Å². The van der Waals surface area contributed by atoms with E-state index in [1.54, 1.807) is 18.2 Å². The first-order valence-corrected chi connectivity index (χ1v) is 7.29. The molecule has 0 bridgehead atoms. The molecule has 0 fully saturated rings.